The first kappa shape index (κ1) is 18.6. The monoisotopic (exact) mass is 323 g/mol. The molecule has 0 saturated carbocycles. The maximum atomic E-state index is 12.3. The number of rotatable bonds is 10. The lowest BCUT2D eigenvalue weighted by atomic mass is 10.1. The molecule has 0 bridgehead atoms. The van der Waals surface area contributed by atoms with Crippen LogP contribution in [-0.4, -0.2) is 28.8 Å². The number of benzene rings is 1. The predicted molar refractivity (Wildman–Crippen MR) is 90.9 cm³/mol. The van der Waals surface area contributed by atoms with Crippen LogP contribution in [-0.2, 0) is 15.3 Å². The second kappa shape index (κ2) is 10.3. The van der Waals surface area contributed by atoms with E-state index in [-0.39, 0.29) is 23.5 Å². The topological polar surface area (TPSA) is 66.4 Å². The Kier molecular flexibility index (Phi) is 8.67. The van der Waals surface area contributed by atoms with Crippen molar-refractivity contribution < 1.29 is 14.7 Å². The summed E-state index contributed by atoms with van der Waals surface area (Å²) in [6.45, 7) is 4.64. The van der Waals surface area contributed by atoms with Gasteiger partial charge >= 0.3 is 5.97 Å². The molecule has 0 fully saturated rings. The highest BCUT2D eigenvalue weighted by Crippen LogP contribution is 2.24. The highest BCUT2D eigenvalue weighted by atomic mass is 32.2. The molecule has 1 aromatic rings. The van der Waals surface area contributed by atoms with Gasteiger partial charge in [-0.2, -0.15) is 0 Å². The van der Waals surface area contributed by atoms with Crippen molar-refractivity contribution in [2.45, 2.75) is 44.1 Å². The smallest absolute Gasteiger partial charge is 0.303 e. The molecule has 0 aliphatic rings. The van der Waals surface area contributed by atoms with Crippen molar-refractivity contribution in [1.82, 2.24) is 5.32 Å². The highest BCUT2D eigenvalue weighted by molar-refractivity contribution is 7.99. The minimum absolute atomic E-state index is 0.0475. The quantitative estimate of drug-likeness (QED) is 0.648. The highest BCUT2D eigenvalue weighted by Gasteiger charge is 2.22. The van der Waals surface area contributed by atoms with Crippen molar-refractivity contribution in [2.75, 3.05) is 6.54 Å². The van der Waals surface area contributed by atoms with Crippen molar-refractivity contribution >= 4 is 23.6 Å². The van der Waals surface area contributed by atoms with E-state index in [0.717, 1.165) is 5.75 Å². The summed E-state index contributed by atoms with van der Waals surface area (Å²) in [5, 5.41) is 11.4. The minimum atomic E-state index is -0.787. The van der Waals surface area contributed by atoms with Gasteiger partial charge < -0.3 is 10.4 Å². The fourth-order valence-corrected chi connectivity index (χ4v) is 3.23. The molecule has 0 aromatic heterocycles. The van der Waals surface area contributed by atoms with Gasteiger partial charge in [0.15, 0.2) is 0 Å². The van der Waals surface area contributed by atoms with Gasteiger partial charge in [0.05, 0.1) is 5.25 Å². The van der Waals surface area contributed by atoms with Gasteiger partial charge in [-0.1, -0.05) is 44.2 Å². The van der Waals surface area contributed by atoms with Gasteiger partial charge in [0, 0.05) is 18.7 Å². The molecular weight excluding hydrogens is 298 g/mol. The van der Waals surface area contributed by atoms with Gasteiger partial charge in [-0.3, -0.25) is 9.59 Å². The van der Waals surface area contributed by atoms with E-state index < -0.39 is 5.97 Å². The number of carbonyl (C=O) groups excluding carboxylic acids is 1. The summed E-state index contributed by atoms with van der Waals surface area (Å²) < 4.78 is 0. The first-order valence-electron chi connectivity index (χ1n) is 7.65. The largest absolute Gasteiger partial charge is 0.481 e. The Bertz CT molecular complexity index is 462. The first-order chi connectivity index (χ1) is 10.5. The van der Waals surface area contributed by atoms with Crippen LogP contribution in [0.15, 0.2) is 30.3 Å². The van der Waals surface area contributed by atoms with E-state index >= 15 is 0 Å². The average Bonchev–Trinajstić information content (AvgIpc) is 2.47. The number of thioether (sulfide) groups is 1. The van der Waals surface area contributed by atoms with Crippen molar-refractivity contribution in [3.05, 3.63) is 35.9 Å². The summed E-state index contributed by atoms with van der Waals surface area (Å²) in [4.78, 5) is 22.7. The predicted octanol–water partition coefficient (Wildman–Crippen LogP) is 3.32. The number of unbranched alkanes of at least 4 members (excludes halogenated alkanes) is 1. The molecule has 0 saturated heterocycles. The third kappa shape index (κ3) is 7.50. The average molecular weight is 323 g/mol. The van der Waals surface area contributed by atoms with Gasteiger partial charge in [-0.15, -0.1) is 11.8 Å². The van der Waals surface area contributed by atoms with Crippen molar-refractivity contribution in [3.63, 3.8) is 0 Å². The molecule has 4 nitrogen and oxygen atoms in total. The molecule has 0 radical (unpaired) electrons. The lowest BCUT2D eigenvalue weighted by Gasteiger charge is -2.20. The van der Waals surface area contributed by atoms with Crippen LogP contribution in [0.1, 0.15) is 38.7 Å². The zero-order chi connectivity index (χ0) is 16.4. The van der Waals surface area contributed by atoms with Crippen LogP contribution < -0.4 is 5.32 Å². The first-order valence-corrected chi connectivity index (χ1v) is 8.70. The van der Waals surface area contributed by atoms with Gasteiger partial charge in [0.25, 0.3) is 0 Å². The number of amides is 1. The summed E-state index contributed by atoms with van der Waals surface area (Å²) in [5.41, 5.74) is 1.22. The van der Waals surface area contributed by atoms with Gasteiger partial charge in [0.2, 0.25) is 5.91 Å². The van der Waals surface area contributed by atoms with Crippen LogP contribution in [0.3, 0.4) is 0 Å². The summed E-state index contributed by atoms with van der Waals surface area (Å²) in [6, 6.07) is 10.1. The third-order valence-electron chi connectivity index (χ3n) is 3.25. The molecule has 1 rings (SSSR count). The maximum Gasteiger partial charge on any atom is 0.303 e. The Hall–Kier alpha value is -1.49. The normalized spacial score (nSPS) is 12.1. The molecule has 0 spiro atoms. The van der Waals surface area contributed by atoms with E-state index in [2.05, 4.69) is 17.4 Å². The number of carbonyl (C=O) groups is 2. The third-order valence-corrected chi connectivity index (χ3v) is 4.87. The van der Waals surface area contributed by atoms with E-state index in [9.17, 15) is 9.59 Å². The minimum Gasteiger partial charge on any atom is -0.481 e. The molecule has 1 unspecified atom stereocenters. The van der Waals surface area contributed by atoms with E-state index in [4.69, 9.17) is 5.11 Å². The van der Waals surface area contributed by atoms with Gasteiger partial charge in [-0.05, 0) is 24.3 Å². The molecule has 122 valence electrons. The van der Waals surface area contributed by atoms with Crippen molar-refractivity contribution in [2.24, 2.45) is 5.92 Å². The molecule has 1 atom stereocenters. The molecular formula is C17H25NO3S. The molecule has 0 heterocycles. The lowest BCUT2D eigenvalue weighted by Crippen LogP contribution is -2.36. The molecule has 5 heteroatoms. The summed E-state index contributed by atoms with van der Waals surface area (Å²) in [7, 11) is 0. The lowest BCUT2D eigenvalue weighted by molar-refractivity contribution is -0.137. The second-order valence-corrected chi connectivity index (χ2v) is 6.73. The number of aliphatic carboxylic acids is 1. The number of hydrogen-bond acceptors (Lipinski definition) is 3. The fraction of sp³-hybridized carbons (Fsp3) is 0.529. The van der Waals surface area contributed by atoms with Crippen molar-refractivity contribution in [1.29, 1.82) is 0 Å². The van der Waals surface area contributed by atoms with Crippen LogP contribution in [0.25, 0.3) is 0 Å². The van der Waals surface area contributed by atoms with E-state index in [1.807, 2.05) is 32.0 Å². The zero-order valence-electron chi connectivity index (χ0n) is 13.2. The van der Waals surface area contributed by atoms with Crippen LogP contribution in [0.4, 0.5) is 0 Å². The fourth-order valence-electron chi connectivity index (χ4n) is 2.04. The second-order valence-electron chi connectivity index (χ2n) is 5.60. The molecule has 1 aromatic carbocycles. The molecule has 0 aliphatic heterocycles. The Labute approximate surface area is 136 Å². The summed E-state index contributed by atoms with van der Waals surface area (Å²) in [5.74, 6) is 0.333. The van der Waals surface area contributed by atoms with Gasteiger partial charge in [0.1, 0.15) is 0 Å². The van der Waals surface area contributed by atoms with E-state index in [0.29, 0.717) is 19.4 Å². The van der Waals surface area contributed by atoms with Crippen LogP contribution in [0.5, 0.6) is 0 Å². The number of carboxylic acids is 1. The number of hydrogen-bond donors (Lipinski definition) is 2. The zero-order valence-corrected chi connectivity index (χ0v) is 14.1. The Morgan fingerprint density at radius 1 is 1.18 bits per heavy atom. The Morgan fingerprint density at radius 3 is 2.45 bits per heavy atom. The summed E-state index contributed by atoms with van der Waals surface area (Å²) >= 11 is 1.65. The van der Waals surface area contributed by atoms with E-state index in [1.165, 1.54) is 5.56 Å². The van der Waals surface area contributed by atoms with Gasteiger partial charge in [-0.25, -0.2) is 0 Å². The van der Waals surface area contributed by atoms with Crippen LogP contribution in [0, 0.1) is 5.92 Å². The van der Waals surface area contributed by atoms with E-state index in [1.54, 1.807) is 11.8 Å². The Balaban J connectivity index is 2.35. The van der Waals surface area contributed by atoms with Crippen LogP contribution in [0.2, 0.25) is 0 Å². The van der Waals surface area contributed by atoms with Crippen molar-refractivity contribution in [3.8, 4) is 0 Å². The SMILES string of the molecule is CC(C)C(SCc1ccccc1)C(=O)NCCCCC(=O)O. The molecule has 22 heavy (non-hydrogen) atoms. The summed E-state index contributed by atoms with van der Waals surface area (Å²) in [6.07, 6.45) is 1.46. The number of nitrogens with one attached hydrogen (secondary N) is 1. The maximum absolute atomic E-state index is 12.3. The Morgan fingerprint density at radius 2 is 1.86 bits per heavy atom. The molecule has 2 N–H and O–H groups in total. The molecule has 1 amide bonds. The molecule has 0 aliphatic carbocycles. The standard InChI is InChI=1S/C17H25NO3S/c1-13(2)16(22-12-14-8-4-3-5-9-14)17(21)18-11-7-6-10-15(19)20/h3-5,8-9,13,16H,6-7,10-12H2,1-2H3,(H,18,21)(H,19,20). The number of carboxylic acid groups (broad SMARTS) is 1. The van der Waals surface area contributed by atoms with Crippen LogP contribution >= 0.6 is 11.8 Å².